The minimum Gasteiger partial charge on any atom is -0.276 e. The summed E-state index contributed by atoms with van der Waals surface area (Å²) >= 11 is 0. The number of hydrogen-bond acceptors (Lipinski definition) is 5. The highest BCUT2D eigenvalue weighted by atomic mass is 32.2. The number of aromatic amines is 1. The van der Waals surface area contributed by atoms with Crippen molar-refractivity contribution in [1.29, 1.82) is 0 Å². The quantitative estimate of drug-likeness (QED) is 0.910. The largest absolute Gasteiger partial charge is 0.276 e. The van der Waals surface area contributed by atoms with Crippen LogP contribution in [0.15, 0.2) is 24.7 Å². The van der Waals surface area contributed by atoms with Gasteiger partial charge >= 0.3 is 0 Å². The number of rotatable bonds is 4. The maximum atomic E-state index is 11.7. The van der Waals surface area contributed by atoms with Crippen LogP contribution in [-0.4, -0.2) is 52.2 Å². The molecule has 1 aliphatic rings. The lowest BCUT2D eigenvalue weighted by molar-refractivity contribution is 0.265. The van der Waals surface area contributed by atoms with Gasteiger partial charge in [0.15, 0.2) is 0 Å². The molecule has 0 radical (unpaired) electrons. The van der Waals surface area contributed by atoms with Crippen LogP contribution in [0.4, 0.5) is 0 Å². The van der Waals surface area contributed by atoms with E-state index in [0.29, 0.717) is 19.5 Å². The number of piperidine rings is 1. The Balaban J connectivity index is 1.79. The average molecular weight is 321 g/mol. The summed E-state index contributed by atoms with van der Waals surface area (Å²) in [6.45, 7) is 1.17. The van der Waals surface area contributed by atoms with Crippen molar-refractivity contribution in [3.05, 3.63) is 30.4 Å². The third-order valence-corrected chi connectivity index (χ3v) is 5.23. The lowest BCUT2D eigenvalue weighted by atomic mass is 9.93. The van der Waals surface area contributed by atoms with Crippen LogP contribution in [-0.2, 0) is 16.4 Å². The van der Waals surface area contributed by atoms with Gasteiger partial charge in [-0.15, -0.1) is 0 Å². The summed E-state index contributed by atoms with van der Waals surface area (Å²) in [5.41, 5.74) is 2.50. The van der Waals surface area contributed by atoms with Gasteiger partial charge in [-0.2, -0.15) is 5.10 Å². The zero-order valence-electron chi connectivity index (χ0n) is 12.4. The zero-order valence-corrected chi connectivity index (χ0v) is 13.3. The number of nitrogens with one attached hydrogen (secondary N) is 1. The molecule has 1 saturated heterocycles. The predicted molar refractivity (Wildman–Crippen MR) is 82.5 cm³/mol. The van der Waals surface area contributed by atoms with E-state index < -0.39 is 10.0 Å². The van der Waals surface area contributed by atoms with Crippen LogP contribution >= 0.6 is 0 Å². The Labute approximate surface area is 129 Å². The van der Waals surface area contributed by atoms with Gasteiger partial charge in [-0.1, -0.05) is 0 Å². The van der Waals surface area contributed by atoms with E-state index in [0.717, 1.165) is 29.9 Å². The Bertz CT molecular complexity index is 729. The molecule has 3 rings (SSSR count). The molecule has 118 valence electrons. The van der Waals surface area contributed by atoms with Gasteiger partial charge < -0.3 is 0 Å². The first-order chi connectivity index (χ1) is 10.5. The first-order valence-electron chi connectivity index (χ1n) is 7.29. The maximum absolute atomic E-state index is 11.7. The fourth-order valence-electron chi connectivity index (χ4n) is 2.90. The van der Waals surface area contributed by atoms with Crippen LogP contribution in [0.5, 0.6) is 0 Å². The molecule has 1 atom stereocenters. The highest BCUT2D eigenvalue weighted by Crippen LogP contribution is 2.25. The SMILES string of the molecule is CS(=O)(=O)N1CCC[C@@H](Cc2nccnc2-c2ccn[nH]2)C1. The highest BCUT2D eigenvalue weighted by Gasteiger charge is 2.27. The lowest BCUT2D eigenvalue weighted by Gasteiger charge is -2.30. The number of sulfonamides is 1. The van der Waals surface area contributed by atoms with E-state index in [1.807, 2.05) is 6.07 Å². The molecule has 7 nitrogen and oxygen atoms in total. The lowest BCUT2D eigenvalue weighted by Crippen LogP contribution is -2.39. The Kier molecular flexibility index (Phi) is 4.21. The van der Waals surface area contributed by atoms with Crippen molar-refractivity contribution in [2.75, 3.05) is 19.3 Å². The van der Waals surface area contributed by atoms with Crippen LogP contribution < -0.4 is 0 Å². The Morgan fingerprint density at radius 3 is 2.86 bits per heavy atom. The molecular weight excluding hydrogens is 302 g/mol. The van der Waals surface area contributed by atoms with Gasteiger partial charge in [-0.25, -0.2) is 12.7 Å². The van der Waals surface area contributed by atoms with E-state index in [2.05, 4.69) is 20.2 Å². The second-order valence-corrected chi connectivity index (χ2v) is 7.64. The van der Waals surface area contributed by atoms with E-state index in [9.17, 15) is 8.42 Å². The van der Waals surface area contributed by atoms with E-state index in [1.165, 1.54) is 6.26 Å². The fraction of sp³-hybridized carbons (Fsp3) is 0.500. The van der Waals surface area contributed by atoms with Gasteiger partial charge in [0.2, 0.25) is 10.0 Å². The number of nitrogens with zero attached hydrogens (tertiary/aromatic N) is 4. The summed E-state index contributed by atoms with van der Waals surface area (Å²) in [4.78, 5) is 8.83. The Morgan fingerprint density at radius 2 is 2.14 bits per heavy atom. The third-order valence-electron chi connectivity index (χ3n) is 3.96. The molecule has 0 aromatic carbocycles. The topological polar surface area (TPSA) is 91.8 Å². The maximum Gasteiger partial charge on any atom is 0.211 e. The zero-order chi connectivity index (χ0) is 15.6. The summed E-state index contributed by atoms with van der Waals surface area (Å²) in [5.74, 6) is 0.266. The van der Waals surface area contributed by atoms with E-state index in [1.54, 1.807) is 22.9 Å². The van der Waals surface area contributed by atoms with Crippen molar-refractivity contribution in [2.45, 2.75) is 19.3 Å². The Hall–Kier alpha value is -1.80. The summed E-state index contributed by atoms with van der Waals surface area (Å²) < 4.78 is 25.0. The molecule has 22 heavy (non-hydrogen) atoms. The summed E-state index contributed by atoms with van der Waals surface area (Å²) in [7, 11) is -3.12. The molecule has 1 aliphatic heterocycles. The predicted octanol–water partition coefficient (Wildman–Crippen LogP) is 1.08. The second kappa shape index (κ2) is 6.13. The monoisotopic (exact) mass is 321 g/mol. The Morgan fingerprint density at radius 1 is 1.32 bits per heavy atom. The summed E-state index contributed by atoms with van der Waals surface area (Å²) in [6.07, 6.45) is 8.89. The number of aromatic nitrogens is 4. The molecule has 1 fully saturated rings. The van der Waals surface area contributed by atoms with E-state index in [-0.39, 0.29) is 5.92 Å². The standard InChI is InChI=1S/C14H19N5O2S/c1-22(20,21)19-8-2-3-11(10-19)9-13-14(16-7-6-15-13)12-4-5-17-18-12/h4-7,11H,2-3,8-10H2,1H3,(H,17,18)/t11-/m0/s1. The molecule has 2 aromatic heterocycles. The van der Waals surface area contributed by atoms with Crippen molar-refractivity contribution in [3.8, 4) is 11.4 Å². The van der Waals surface area contributed by atoms with E-state index in [4.69, 9.17) is 0 Å². The normalized spacial score (nSPS) is 20.1. The molecule has 8 heteroatoms. The average Bonchev–Trinajstić information content (AvgIpc) is 3.01. The van der Waals surface area contributed by atoms with E-state index >= 15 is 0 Å². The molecule has 2 aromatic rings. The van der Waals surface area contributed by atoms with Crippen LogP contribution in [0, 0.1) is 5.92 Å². The van der Waals surface area contributed by atoms with Gasteiger partial charge in [0, 0.05) is 31.7 Å². The van der Waals surface area contributed by atoms with Crippen LogP contribution in [0.1, 0.15) is 18.5 Å². The highest BCUT2D eigenvalue weighted by molar-refractivity contribution is 7.88. The molecule has 0 unspecified atom stereocenters. The number of H-pyrrole nitrogens is 1. The van der Waals surface area contributed by atoms with Gasteiger partial charge in [0.25, 0.3) is 0 Å². The van der Waals surface area contributed by atoms with Crippen molar-refractivity contribution in [2.24, 2.45) is 5.92 Å². The third kappa shape index (κ3) is 3.33. The van der Waals surface area contributed by atoms with Crippen molar-refractivity contribution < 1.29 is 8.42 Å². The summed E-state index contributed by atoms with van der Waals surface area (Å²) in [6, 6.07) is 1.86. The van der Waals surface area contributed by atoms with Gasteiger partial charge in [0.1, 0.15) is 5.69 Å². The second-order valence-electron chi connectivity index (χ2n) is 5.66. The van der Waals surface area contributed by atoms with Crippen LogP contribution in [0.25, 0.3) is 11.4 Å². The van der Waals surface area contributed by atoms with Crippen LogP contribution in [0.3, 0.4) is 0 Å². The molecule has 3 heterocycles. The molecular formula is C14H19N5O2S. The van der Waals surface area contributed by atoms with Gasteiger partial charge in [-0.3, -0.25) is 15.1 Å². The molecule has 0 aliphatic carbocycles. The fourth-order valence-corrected chi connectivity index (χ4v) is 3.84. The molecule has 0 bridgehead atoms. The summed E-state index contributed by atoms with van der Waals surface area (Å²) in [5, 5.41) is 6.86. The molecule has 0 amide bonds. The van der Waals surface area contributed by atoms with Gasteiger partial charge in [-0.05, 0) is 31.2 Å². The minimum atomic E-state index is -3.12. The number of hydrogen-bond donors (Lipinski definition) is 1. The van der Waals surface area contributed by atoms with Crippen molar-refractivity contribution >= 4 is 10.0 Å². The van der Waals surface area contributed by atoms with Crippen molar-refractivity contribution in [1.82, 2.24) is 24.5 Å². The van der Waals surface area contributed by atoms with Gasteiger partial charge in [0.05, 0.1) is 17.6 Å². The van der Waals surface area contributed by atoms with Crippen LogP contribution in [0.2, 0.25) is 0 Å². The molecule has 0 spiro atoms. The molecule has 0 saturated carbocycles. The van der Waals surface area contributed by atoms with Crippen molar-refractivity contribution in [3.63, 3.8) is 0 Å². The first-order valence-corrected chi connectivity index (χ1v) is 9.13. The molecule has 1 N–H and O–H groups in total. The first kappa shape index (κ1) is 15.1. The minimum absolute atomic E-state index is 0.266. The smallest absolute Gasteiger partial charge is 0.211 e.